The van der Waals surface area contributed by atoms with Crippen LogP contribution in [0, 0.1) is 13.8 Å². The molecule has 2 amide bonds. The van der Waals surface area contributed by atoms with Gasteiger partial charge in [0, 0.05) is 11.9 Å². The second-order valence-corrected chi connectivity index (χ2v) is 4.06. The summed E-state index contributed by atoms with van der Waals surface area (Å²) in [5.41, 5.74) is 2.91. The number of nitrogens with zero attached hydrogens (tertiary/aromatic N) is 1. The Bertz CT molecular complexity index is 532. The number of amides is 2. The van der Waals surface area contributed by atoms with E-state index in [1.165, 1.54) is 0 Å². The second-order valence-electron chi connectivity index (χ2n) is 4.06. The number of benzene rings is 1. The smallest absolute Gasteiger partial charge is 0.307 e. The summed E-state index contributed by atoms with van der Waals surface area (Å²) in [5, 5.41) is 5.52. The van der Waals surface area contributed by atoms with E-state index in [1.807, 2.05) is 38.1 Å². The fourth-order valence-electron chi connectivity index (χ4n) is 1.71. The summed E-state index contributed by atoms with van der Waals surface area (Å²) in [6.07, 6.45) is 1.63. The van der Waals surface area contributed by atoms with Gasteiger partial charge in [-0.2, -0.15) is 0 Å². The highest BCUT2D eigenvalue weighted by Crippen LogP contribution is 2.19. The molecule has 0 fully saturated rings. The number of hydrogen-bond acceptors (Lipinski definition) is 2. The number of para-hydroxylation sites is 1. The maximum absolute atomic E-state index is 11.8. The first kappa shape index (κ1) is 12.1. The van der Waals surface area contributed by atoms with Crippen LogP contribution in [0.5, 0.6) is 0 Å². The summed E-state index contributed by atoms with van der Waals surface area (Å²) in [4.78, 5) is 15.9. The summed E-state index contributed by atoms with van der Waals surface area (Å²) in [5.74, 6) is 0.529. The van der Waals surface area contributed by atoms with Crippen molar-refractivity contribution >= 4 is 17.5 Å². The zero-order valence-electron chi connectivity index (χ0n) is 10.4. The molecule has 1 aromatic heterocycles. The number of nitrogens with one attached hydrogen (secondary N) is 2. The fraction of sp³-hybridized carbons (Fsp3) is 0.143. The van der Waals surface area contributed by atoms with E-state index in [0.29, 0.717) is 5.82 Å². The first-order valence-electron chi connectivity index (χ1n) is 5.72. The average molecular weight is 241 g/mol. The monoisotopic (exact) mass is 241 g/mol. The molecule has 1 heterocycles. The number of carbonyl (C=O) groups is 1. The molecule has 0 aliphatic rings. The number of anilines is 2. The van der Waals surface area contributed by atoms with E-state index < -0.39 is 0 Å². The third-order valence-electron chi connectivity index (χ3n) is 2.63. The van der Waals surface area contributed by atoms with Crippen molar-refractivity contribution in [1.82, 2.24) is 4.98 Å². The van der Waals surface area contributed by atoms with Crippen LogP contribution in [0.3, 0.4) is 0 Å². The molecule has 0 unspecified atom stereocenters. The Labute approximate surface area is 106 Å². The minimum Gasteiger partial charge on any atom is -0.307 e. The quantitative estimate of drug-likeness (QED) is 0.847. The van der Waals surface area contributed by atoms with Gasteiger partial charge in [0.1, 0.15) is 5.82 Å². The van der Waals surface area contributed by atoms with E-state index in [9.17, 15) is 4.79 Å². The Balaban J connectivity index is 2.08. The average Bonchev–Trinajstić information content (AvgIpc) is 2.35. The molecule has 0 saturated carbocycles. The van der Waals surface area contributed by atoms with Gasteiger partial charge in [-0.1, -0.05) is 24.3 Å². The Hall–Kier alpha value is -2.36. The highest BCUT2D eigenvalue weighted by molar-refractivity contribution is 6.00. The summed E-state index contributed by atoms with van der Waals surface area (Å²) in [6.45, 7) is 3.92. The van der Waals surface area contributed by atoms with Crippen LogP contribution in [0.15, 0.2) is 42.6 Å². The molecule has 0 saturated heterocycles. The molecule has 2 aromatic rings. The molecule has 0 aliphatic carbocycles. The standard InChI is InChI=1S/C14H15N3O/c1-10-6-5-7-11(2)13(10)17-14(18)16-12-8-3-4-9-15-12/h3-9H,1-2H3,(H2,15,16,17,18). The first-order valence-corrected chi connectivity index (χ1v) is 5.72. The highest BCUT2D eigenvalue weighted by atomic mass is 16.2. The van der Waals surface area contributed by atoms with Crippen molar-refractivity contribution in [2.45, 2.75) is 13.8 Å². The van der Waals surface area contributed by atoms with Gasteiger partial charge in [-0.3, -0.25) is 5.32 Å². The SMILES string of the molecule is Cc1cccc(C)c1NC(=O)Nc1ccccn1. The molecule has 0 bridgehead atoms. The number of rotatable bonds is 2. The zero-order chi connectivity index (χ0) is 13.0. The Morgan fingerprint density at radius 1 is 1.00 bits per heavy atom. The number of pyridine rings is 1. The lowest BCUT2D eigenvalue weighted by atomic mass is 10.1. The lowest BCUT2D eigenvalue weighted by Gasteiger charge is -2.11. The first-order chi connectivity index (χ1) is 8.66. The second kappa shape index (κ2) is 5.31. The van der Waals surface area contributed by atoms with Crippen molar-refractivity contribution in [3.05, 3.63) is 53.7 Å². The van der Waals surface area contributed by atoms with Crippen molar-refractivity contribution in [2.75, 3.05) is 10.6 Å². The Morgan fingerprint density at radius 2 is 1.72 bits per heavy atom. The van der Waals surface area contributed by atoms with Crippen molar-refractivity contribution < 1.29 is 4.79 Å². The molecular formula is C14H15N3O. The van der Waals surface area contributed by atoms with Crippen LogP contribution < -0.4 is 10.6 Å². The number of aryl methyl sites for hydroxylation is 2. The van der Waals surface area contributed by atoms with Crippen LogP contribution in [0.25, 0.3) is 0 Å². The minimum absolute atomic E-state index is 0.286. The molecule has 4 heteroatoms. The number of urea groups is 1. The van der Waals surface area contributed by atoms with Gasteiger partial charge in [0.2, 0.25) is 0 Å². The van der Waals surface area contributed by atoms with Crippen LogP contribution in [0.2, 0.25) is 0 Å². The summed E-state index contributed by atoms with van der Waals surface area (Å²) >= 11 is 0. The topological polar surface area (TPSA) is 54.0 Å². The lowest BCUT2D eigenvalue weighted by Crippen LogP contribution is -2.21. The normalized spacial score (nSPS) is 9.89. The predicted octanol–water partition coefficient (Wildman–Crippen LogP) is 3.34. The van der Waals surface area contributed by atoms with Crippen molar-refractivity contribution in [3.63, 3.8) is 0 Å². The maximum atomic E-state index is 11.8. The van der Waals surface area contributed by atoms with Crippen LogP contribution in [0.1, 0.15) is 11.1 Å². The lowest BCUT2D eigenvalue weighted by molar-refractivity contribution is 0.262. The largest absolute Gasteiger partial charge is 0.324 e. The van der Waals surface area contributed by atoms with E-state index in [-0.39, 0.29) is 6.03 Å². The van der Waals surface area contributed by atoms with E-state index >= 15 is 0 Å². The van der Waals surface area contributed by atoms with Gasteiger partial charge in [0.25, 0.3) is 0 Å². The Morgan fingerprint density at radius 3 is 2.33 bits per heavy atom. The van der Waals surface area contributed by atoms with Crippen LogP contribution in [-0.4, -0.2) is 11.0 Å². The third kappa shape index (κ3) is 2.85. The van der Waals surface area contributed by atoms with Gasteiger partial charge in [-0.05, 0) is 37.1 Å². The molecular weight excluding hydrogens is 226 g/mol. The van der Waals surface area contributed by atoms with Gasteiger partial charge in [0.15, 0.2) is 0 Å². The fourth-order valence-corrected chi connectivity index (χ4v) is 1.71. The van der Waals surface area contributed by atoms with Crippen molar-refractivity contribution in [3.8, 4) is 0 Å². The highest BCUT2D eigenvalue weighted by Gasteiger charge is 2.07. The third-order valence-corrected chi connectivity index (χ3v) is 2.63. The molecule has 2 rings (SSSR count). The van der Waals surface area contributed by atoms with E-state index in [4.69, 9.17) is 0 Å². The summed E-state index contributed by atoms with van der Waals surface area (Å²) in [7, 11) is 0. The van der Waals surface area contributed by atoms with Crippen molar-refractivity contribution in [1.29, 1.82) is 0 Å². The molecule has 18 heavy (non-hydrogen) atoms. The van der Waals surface area contributed by atoms with Crippen LogP contribution in [-0.2, 0) is 0 Å². The maximum Gasteiger partial charge on any atom is 0.324 e. The summed E-state index contributed by atoms with van der Waals surface area (Å²) < 4.78 is 0. The molecule has 92 valence electrons. The number of hydrogen-bond donors (Lipinski definition) is 2. The molecule has 0 aliphatic heterocycles. The molecule has 1 aromatic carbocycles. The van der Waals surface area contributed by atoms with Crippen molar-refractivity contribution in [2.24, 2.45) is 0 Å². The molecule has 0 spiro atoms. The molecule has 0 atom stereocenters. The van der Waals surface area contributed by atoms with Crippen LogP contribution >= 0.6 is 0 Å². The predicted molar refractivity (Wildman–Crippen MR) is 72.8 cm³/mol. The number of carbonyl (C=O) groups excluding carboxylic acids is 1. The van der Waals surface area contributed by atoms with E-state index in [1.54, 1.807) is 18.3 Å². The minimum atomic E-state index is -0.286. The number of aromatic nitrogens is 1. The zero-order valence-corrected chi connectivity index (χ0v) is 10.4. The molecule has 0 radical (unpaired) electrons. The van der Waals surface area contributed by atoms with E-state index in [2.05, 4.69) is 15.6 Å². The van der Waals surface area contributed by atoms with Gasteiger partial charge >= 0.3 is 6.03 Å². The van der Waals surface area contributed by atoms with Gasteiger partial charge < -0.3 is 5.32 Å². The van der Waals surface area contributed by atoms with Gasteiger partial charge in [-0.15, -0.1) is 0 Å². The van der Waals surface area contributed by atoms with Crippen LogP contribution in [0.4, 0.5) is 16.3 Å². The summed E-state index contributed by atoms with van der Waals surface area (Å²) in [6, 6.07) is 11.0. The molecule has 2 N–H and O–H groups in total. The van der Waals surface area contributed by atoms with Gasteiger partial charge in [0.05, 0.1) is 0 Å². The van der Waals surface area contributed by atoms with Gasteiger partial charge in [-0.25, -0.2) is 9.78 Å². The van der Waals surface area contributed by atoms with E-state index in [0.717, 1.165) is 16.8 Å². The molecule has 4 nitrogen and oxygen atoms in total. The Kier molecular flexibility index (Phi) is 3.57.